The van der Waals surface area contributed by atoms with Crippen molar-refractivity contribution < 1.29 is 14.6 Å². The Morgan fingerprint density at radius 3 is 2.57 bits per heavy atom. The minimum atomic E-state index is -1.12. The Kier molecular flexibility index (Phi) is 3.00. The molecule has 1 aromatic heterocycles. The quantitative estimate of drug-likeness (QED) is 0.836. The normalized spacial score (nSPS) is 10.6. The molecule has 0 unspecified atom stereocenters. The molecule has 0 aliphatic carbocycles. The van der Waals surface area contributed by atoms with Crippen LogP contribution in [0.4, 0.5) is 0 Å². The zero-order valence-corrected chi connectivity index (χ0v) is 8.87. The van der Waals surface area contributed by atoms with E-state index in [4.69, 9.17) is 21.4 Å². The highest BCUT2D eigenvalue weighted by atomic mass is 35.5. The van der Waals surface area contributed by atoms with Gasteiger partial charge in [-0.15, -0.1) is 5.10 Å². The van der Waals surface area contributed by atoms with Gasteiger partial charge in [-0.3, -0.25) is 4.68 Å². The maximum Gasteiger partial charge on any atom is 0.355 e. The van der Waals surface area contributed by atoms with Crippen molar-refractivity contribution in [2.75, 3.05) is 0 Å². The van der Waals surface area contributed by atoms with E-state index in [1.54, 1.807) is 0 Å². The highest BCUT2D eigenvalue weighted by molar-refractivity contribution is 6.34. The van der Waals surface area contributed by atoms with Crippen LogP contribution in [0.1, 0.15) is 24.3 Å². The predicted molar refractivity (Wildman–Crippen MR) is 50.9 cm³/mol. The summed E-state index contributed by atoms with van der Waals surface area (Å²) < 4.78 is 6.41. The van der Waals surface area contributed by atoms with Gasteiger partial charge in [0.25, 0.3) is 5.88 Å². The number of carbonyl (C=O) groups is 1. The van der Waals surface area contributed by atoms with E-state index in [1.165, 1.54) is 11.7 Å². The van der Waals surface area contributed by atoms with Gasteiger partial charge in [0.15, 0.2) is 5.69 Å². The second-order valence-corrected chi connectivity index (χ2v) is 3.44. The molecule has 1 rings (SSSR count). The standard InChI is InChI=1S/C8H11ClN2O3/c1-4(2)14-7-5(9)6(8(12)13)11(3)10-7/h4H,1-3H3,(H,12,13). The fourth-order valence-corrected chi connectivity index (χ4v) is 1.29. The fraction of sp³-hybridized carbons (Fsp3) is 0.500. The first kappa shape index (κ1) is 10.8. The van der Waals surface area contributed by atoms with Gasteiger partial charge in [-0.2, -0.15) is 0 Å². The minimum absolute atomic E-state index is 0.0358. The topological polar surface area (TPSA) is 64.4 Å². The van der Waals surface area contributed by atoms with Crippen molar-refractivity contribution >= 4 is 17.6 Å². The van der Waals surface area contributed by atoms with Crippen LogP contribution in [0.15, 0.2) is 0 Å². The zero-order chi connectivity index (χ0) is 10.9. The van der Waals surface area contributed by atoms with E-state index >= 15 is 0 Å². The molecule has 0 saturated carbocycles. The first-order chi connectivity index (χ1) is 6.43. The Hall–Kier alpha value is -1.23. The number of hydrogen-bond donors (Lipinski definition) is 1. The number of rotatable bonds is 3. The van der Waals surface area contributed by atoms with E-state index in [0.717, 1.165) is 0 Å². The summed E-state index contributed by atoms with van der Waals surface area (Å²) in [5.41, 5.74) is -0.0673. The molecule has 0 amide bonds. The van der Waals surface area contributed by atoms with Gasteiger partial charge in [-0.25, -0.2) is 4.79 Å². The van der Waals surface area contributed by atoms with Crippen LogP contribution in [0.25, 0.3) is 0 Å². The number of ether oxygens (including phenoxy) is 1. The van der Waals surface area contributed by atoms with Crippen LogP contribution in [-0.2, 0) is 7.05 Å². The van der Waals surface area contributed by atoms with E-state index in [-0.39, 0.29) is 22.7 Å². The average molecular weight is 219 g/mol. The molecule has 0 bridgehead atoms. The Balaban J connectivity index is 3.10. The number of halogens is 1. The minimum Gasteiger partial charge on any atom is -0.476 e. The lowest BCUT2D eigenvalue weighted by atomic mass is 10.4. The molecule has 0 spiro atoms. The van der Waals surface area contributed by atoms with Crippen LogP contribution < -0.4 is 4.74 Å². The molecule has 1 aromatic rings. The molecule has 0 saturated heterocycles. The monoisotopic (exact) mass is 218 g/mol. The molecule has 14 heavy (non-hydrogen) atoms. The van der Waals surface area contributed by atoms with Gasteiger partial charge in [0, 0.05) is 7.05 Å². The van der Waals surface area contributed by atoms with Gasteiger partial charge in [0.1, 0.15) is 5.02 Å². The third-order valence-corrected chi connectivity index (χ3v) is 1.85. The molecule has 0 radical (unpaired) electrons. The molecular formula is C8H11ClN2O3. The first-order valence-electron chi connectivity index (χ1n) is 4.06. The maximum atomic E-state index is 10.7. The van der Waals surface area contributed by atoms with E-state index in [2.05, 4.69) is 5.10 Å². The van der Waals surface area contributed by atoms with Crippen molar-refractivity contribution in [2.45, 2.75) is 20.0 Å². The number of aromatic nitrogens is 2. The largest absolute Gasteiger partial charge is 0.476 e. The predicted octanol–water partition coefficient (Wildman–Crippen LogP) is 1.56. The summed E-state index contributed by atoms with van der Waals surface area (Å²) in [7, 11) is 1.50. The molecule has 0 fully saturated rings. The summed E-state index contributed by atoms with van der Waals surface area (Å²) in [5.74, 6) is -0.967. The second-order valence-electron chi connectivity index (χ2n) is 3.06. The Morgan fingerprint density at radius 1 is 1.64 bits per heavy atom. The zero-order valence-electron chi connectivity index (χ0n) is 8.11. The number of nitrogens with zero attached hydrogens (tertiary/aromatic N) is 2. The Labute approximate surface area is 86.2 Å². The van der Waals surface area contributed by atoms with Crippen molar-refractivity contribution in [3.05, 3.63) is 10.7 Å². The summed E-state index contributed by atoms with van der Waals surface area (Å²) >= 11 is 5.78. The van der Waals surface area contributed by atoms with Gasteiger partial charge in [0.2, 0.25) is 0 Å². The summed E-state index contributed by atoms with van der Waals surface area (Å²) in [6.45, 7) is 3.62. The third kappa shape index (κ3) is 1.98. The molecule has 1 heterocycles. The van der Waals surface area contributed by atoms with Crippen LogP contribution in [-0.4, -0.2) is 27.0 Å². The van der Waals surface area contributed by atoms with Crippen molar-refractivity contribution in [3.63, 3.8) is 0 Å². The number of aryl methyl sites for hydroxylation is 1. The second kappa shape index (κ2) is 3.88. The van der Waals surface area contributed by atoms with Crippen LogP contribution in [0.5, 0.6) is 5.88 Å². The highest BCUT2D eigenvalue weighted by Gasteiger charge is 2.21. The van der Waals surface area contributed by atoms with Crippen molar-refractivity contribution in [1.82, 2.24) is 9.78 Å². The van der Waals surface area contributed by atoms with Crippen molar-refractivity contribution in [2.24, 2.45) is 7.05 Å². The molecular weight excluding hydrogens is 208 g/mol. The summed E-state index contributed by atoms with van der Waals surface area (Å²) in [6, 6.07) is 0. The Morgan fingerprint density at radius 2 is 2.21 bits per heavy atom. The lowest BCUT2D eigenvalue weighted by Gasteiger charge is -2.05. The molecule has 0 aliphatic rings. The van der Waals surface area contributed by atoms with Gasteiger partial charge < -0.3 is 9.84 Å². The number of aromatic carboxylic acids is 1. The maximum absolute atomic E-state index is 10.7. The smallest absolute Gasteiger partial charge is 0.355 e. The van der Waals surface area contributed by atoms with E-state index < -0.39 is 5.97 Å². The molecule has 5 nitrogen and oxygen atoms in total. The highest BCUT2D eigenvalue weighted by Crippen LogP contribution is 2.27. The lowest BCUT2D eigenvalue weighted by molar-refractivity contribution is 0.0685. The van der Waals surface area contributed by atoms with Crippen LogP contribution in [0, 0.1) is 0 Å². The summed E-state index contributed by atoms with van der Waals surface area (Å²) in [5, 5.41) is 12.7. The van der Waals surface area contributed by atoms with E-state index in [0.29, 0.717) is 0 Å². The molecule has 78 valence electrons. The molecule has 0 aliphatic heterocycles. The third-order valence-electron chi connectivity index (χ3n) is 1.51. The number of carboxylic acids is 1. The van der Waals surface area contributed by atoms with Gasteiger partial charge in [-0.05, 0) is 13.8 Å². The number of carboxylic acid groups (broad SMARTS) is 1. The number of hydrogen-bond acceptors (Lipinski definition) is 3. The van der Waals surface area contributed by atoms with E-state index in [9.17, 15) is 4.79 Å². The fourth-order valence-electron chi connectivity index (χ4n) is 1.00. The summed E-state index contributed by atoms with van der Waals surface area (Å²) in [6.07, 6.45) is -0.0935. The lowest BCUT2D eigenvalue weighted by Crippen LogP contribution is -2.06. The molecule has 0 atom stereocenters. The molecule has 6 heteroatoms. The van der Waals surface area contributed by atoms with Crippen LogP contribution in [0.2, 0.25) is 5.02 Å². The SMILES string of the molecule is CC(C)Oc1nn(C)c(C(=O)O)c1Cl. The van der Waals surface area contributed by atoms with Crippen molar-refractivity contribution in [1.29, 1.82) is 0 Å². The Bertz CT molecular complexity index is 360. The average Bonchev–Trinajstić information content (AvgIpc) is 2.25. The van der Waals surface area contributed by atoms with E-state index in [1.807, 2.05) is 13.8 Å². The molecule has 0 aromatic carbocycles. The molecule has 1 N–H and O–H groups in total. The van der Waals surface area contributed by atoms with Crippen LogP contribution >= 0.6 is 11.6 Å². The van der Waals surface area contributed by atoms with Gasteiger partial charge in [-0.1, -0.05) is 11.6 Å². The summed E-state index contributed by atoms with van der Waals surface area (Å²) in [4.78, 5) is 10.7. The first-order valence-corrected chi connectivity index (χ1v) is 4.43. The van der Waals surface area contributed by atoms with Crippen LogP contribution in [0.3, 0.4) is 0 Å². The van der Waals surface area contributed by atoms with Gasteiger partial charge >= 0.3 is 5.97 Å². The van der Waals surface area contributed by atoms with Gasteiger partial charge in [0.05, 0.1) is 6.10 Å². The van der Waals surface area contributed by atoms with Crippen molar-refractivity contribution in [3.8, 4) is 5.88 Å².